The summed E-state index contributed by atoms with van der Waals surface area (Å²) < 4.78 is 5.23. The number of aromatic nitrogens is 6. The van der Waals surface area contributed by atoms with Gasteiger partial charge in [0.25, 0.3) is 0 Å². The maximum absolute atomic E-state index is 5.23. The molecule has 112 valence electrons. The van der Waals surface area contributed by atoms with Gasteiger partial charge in [-0.2, -0.15) is 10.2 Å². The molecule has 3 heterocycles. The summed E-state index contributed by atoms with van der Waals surface area (Å²) in [5.41, 5.74) is 0.914. The first kappa shape index (κ1) is 13.7. The Bertz CT molecular complexity index is 586. The highest BCUT2D eigenvalue weighted by Crippen LogP contribution is 2.24. The van der Waals surface area contributed by atoms with Crippen LogP contribution in [-0.4, -0.2) is 50.8 Å². The second-order valence-corrected chi connectivity index (χ2v) is 5.34. The first-order chi connectivity index (χ1) is 10.2. The van der Waals surface area contributed by atoms with Crippen molar-refractivity contribution in [2.24, 2.45) is 5.92 Å². The number of hydrogen-bond acceptors (Lipinski definition) is 7. The molecule has 1 N–H and O–H groups in total. The molecule has 0 amide bonds. The van der Waals surface area contributed by atoms with Crippen LogP contribution in [0.1, 0.15) is 24.4 Å². The molecule has 1 aliphatic heterocycles. The molecule has 21 heavy (non-hydrogen) atoms. The van der Waals surface area contributed by atoms with E-state index in [2.05, 4.69) is 35.5 Å². The molecular formula is C13H19N7O. The number of tetrazole rings is 1. The normalized spacial score (nSPS) is 18.8. The number of methoxy groups -OCH3 is 1. The van der Waals surface area contributed by atoms with E-state index in [4.69, 9.17) is 4.74 Å². The van der Waals surface area contributed by atoms with Gasteiger partial charge in [-0.05, 0) is 25.7 Å². The summed E-state index contributed by atoms with van der Waals surface area (Å²) >= 11 is 0. The first-order valence-corrected chi connectivity index (χ1v) is 7.11. The summed E-state index contributed by atoms with van der Waals surface area (Å²) in [5, 5.41) is 14.2. The van der Waals surface area contributed by atoms with E-state index in [0.717, 1.165) is 49.8 Å². The van der Waals surface area contributed by atoms with Crippen molar-refractivity contribution in [2.45, 2.75) is 26.2 Å². The average Bonchev–Trinajstić information content (AvgIpc) is 3.00. The molecule has 2 aromatic heterocycles. The standard InChI is InChI=1S/C13H19N7O/c1-9-6-12(21-2)15-13(14-9)20-5-3-4-10(8-20)7-11-16-18-19-17-11/h6,10H,3-5,7-8H2,1-2H3,(H,16,17,18,19). The SMILES string of the molecule is COc1cc(C)nc(N2CCCC(Cc3nn[nH]n3)C2)n1. The molecule has 0 aliphatic carbocycles. The van der Waals surface area contributed by atoms with Crippen molar-refractivity contribution < 1.29 is 4.74 Å². The number of aryl methyl sites for hydroxylation is 1. The van der Waals surface area contributed by atoms with Crippen LogP contribution in [0.3, 0.4) is 0 Å². The van der Waals surface area contributed by atoms with Gasteiger partial charge in [0.1, 0.15) is 0 Å². The van der Waals surface area contributed by atoms with Crippen LogP contribution in [0.15, 0.2) is 6.07 Å². The van der Waals surface area contributed by atoms with Crippen LogP contribution in [-0.2, 0) is 6.42 Å². The van der Waals surface area contributed by atoms with E-state index in [1.54, 1.807) is 7.11 Å². The molecule has 0 spiro atoms. The van der Waals surface area contributed by atoms with Crippen LogP contribution < -0.4 is 9.64 Å². The number of nitrogens with zero attached hydrogens (tertiary/aromatic N) is 6. The van der Waals surface area contributed by atoms with Crippen LogP contribution >= 0.6 is 0 Å². The van der Waals surface area contributed by atoms with E-state index in [1.807, 2.05) is 13.0 Å². The van der Waals surface area contributed by atoms with Crippen LogP contribution in [0.2, 0.25) is 0 Å². The molecule has 2 aromatic rings. The van der Waals surface area contributed by atoms with Gasteiger partial charge in [0.05, 0.1) is 7.11 Å². The molecule has 1 aliphatic rings. The lowest BCUT2D eigenvalue weighted by molar-refractivity contribution is 0.386. The van der Waals surface area contributed by atoms with Crippen molar-refractivity contribution in [3.8, 4) is 5.88 Å². The van der Waals surface area contributed by atoms with Crippen molar-refractivity contribution >= 4 is 5.95 Å². The molecule has 0 aromatic carbocycles. The van der Waals surface area contributed by atoms with Gasteiger partial charge in [0.15, 0.2) is 5.82 Å². The largest absolute Gasteiger partial charge is 0.481 e. The summed E-state index contributed by atoms with van der Waals surface area (Å²) in [6.07, 6.45) is 3.10. The molecule has 8 heteroatoms. The molecule has 1 unspecified atom stereocenters. The minimum atomic E-state index is 0.492. The average molecular weight is 289 g/mol. The van der Waals surface area contributed by atoms with Gasteiger partial charge in [-0.3, -0.25) is 0 Å². The molecular weight excluding hydrogens is 270 g/mol. The Hall–Kier alpha value is -2.25. The number of anilines is 1. The number of aromatic amines is 1. The predicted molar refractivity (Wildman–Crippen MR) is 76.1 cm³/mol. The van der Waals surface area contributed by atoms with E-state index in [9.17, 15) is 0 Å². The Morgan fingerprint density at radius 3 is 3.10 bits per heavy atom. The van der Waals surface area contributed by atoms with Crippen molar-refractivity contribution in [3.63, 3.8) is 0 Å². The van der Waals surface area contributed by atoms with E-state index < -0.39 is 0 Å². The van der Waals surface area contributed by atoms with E-state index in [1.165, 1.54) is 0 Å². The summed E-state index contributed by atoms with van der Waals surface area (Å²) in [5.74, 6) is 2.61. The fraction of sp³-hybridized carbons (Fsp3) is 0.615. The predicted octanol–water partition coefficient (Wildman–Crippen LogP) is 0.766. The third kappa shape index (κ3) is 3.26. The molecule has 1 fully saturated rings. The highest BCUT2D eigenvalue weighted by atomic mass is 16.5. The van der Waals surface area contributed by atoms with Crippen molar-refractivity contribution in [1.29, 1.82) is 0 Å². The van der Waals surface area contributed by atoms with Crippen LogP contribution in [0, 0.1) is 12.8 Å². The van der Waals surface area contributed by atoms with Gasteiger partial charge < -0.3 is 9.64 Å². The number of H-pyrrole nitrogens is 1. The summed E-state index contributed by atoms with van der Waals surface area (Å²) in [6, 6.07) is 1.84. The Kier molecular flexibility index (Phi) is 3.94. The lowest BCUT2D eigenvalue weighted by Gasteiger charge is -2.32. The van der Waals surface area contributed by atoms with Gasteiger partial charge >= 0.3 is 0 Å². The zero-order valence-electron chi connectivity index (χ0n) is 12.3. The van der Waals surface area contributed by atoms with Crippen molar-refractivity contribution in [1.82, 2.24) is 30.6 Å². The number of rotatable bonds is 4. The van der Waals surface area contributed by atoms with Crippen LogP contribution in [0.25, 0.3) is 0 Å². The minimum Gasteiger partial charge on any atom is -0.481 e. The van der Waals surface area contributed by atoms with Gasteiger partial charge in [-0.25, -0.2) is 4.98 Å². The molecule has 0 saturated carbocycles. The van der Waals surface area contributed by atoms with Gasteiger partial charge in [0, 0.05) is 31.3 Å². The summed E-state index contributed by atoms with van der Waals surface area (Å²) in [6.45, 7) is 3.82. The number of hydrogen-bond donors (Lipinski definition) is 1. The smallest absolute Gasteiger partial charge is 0.228 e. The zero-order chi connectivity index (χ0) is 14.7. The molecule has 0 bridgehead atoms. The quantitative estimate of drug-likeness (QED) is 0.888. The lowest BCUT2D eigenvalue weighted by Crippen LogP contribution is -2.37. The molecule has 8 nitrogen and oxygen atoms in total. The number of piperidine rings is 1. The Morgan fingerprint density at radius 2 is 2.33 bits per heavy atom. The maximum Gasteiger partial charge on any atom is 0.228 e. The van der Waals surface area contributed by atoms with Gasteiger partial charge in [-0.1, -0.05) is 5.21 Å². The topological polar surface area (TPSA) is 92.7 Å². The van der Waals surface area contributed by atoms with Crippen molar-refractivity contribution in [2.75, 3.05) is 25.1 Å². The molecule has 0 radical (unpaired) electrons. The third-order valence-corrected chi connectivity index (χ3v) is 3.69. The maximum atomic E-state index is 5.23. The van der Waals surface area contributed by atoms with Crippen molar-refractivity contribution in [3.05, 3.63) is 17.6 Å². The molecule has 1 saturated heterocycles. The van der Waals surface area contributed by atoms with Gasteiger partial charge in [0.2, 0.25) is 11.8 Å². The van der Waals surface area contributed by atoms with E-state index >= 15 is 0 Å². The lowest BCUT2D eigenvalue weighted by atomic mass is 9.95. The summed E-state index contributed by atoms with van der Waals surface area (Å²) in [4.78, 5) is 11.2. The Balaban J connectivity index is 1.72. The fourth-order valence-electron chi connectivity index (χ4n) is 2.71. The van der Waals surface area contributed by atoms with Crippen LogP contribution in [0.4, 0.5) is 5.95 Å². The van der Waals surface area contributed by atoms with E-state index in [0.29, 0.717) is 11.8 Å². The van der Waals surface area contributed by atoms with E-state index in [-0.39, 0.29) is 0 Å². The fourth-order valence-corrected chi connectivity index (χ4v) is 2.71. The Morgan fingerprint density at radius 1 is 1.43 bits per heavy atom. The number of ether oxygens (including phenoxy) is 1. The minimum absolute atomic E-state index is 0.492. The highest BCUT2D eigenvalue weighted by molar-refractivity contribution is 5.35. The molecule has 3 rings (SSSR count). The van der Waals surface area contributed by atoms with Crippen LogP contribution in [0.5, 0.6) is 5.88 Å². The third-order valence-electron chi connectivity index (χ3n) is 3.69. The number of nitrogens with one attached hydrogen (secondary N) is 1. The summed E-state index contributed by atoms with van der Waals surface area (Å²) in [7, 11) is 1.63. The Labute approximate surface area is 122 Å². The second-order valence-electron chi connectivity index (χ2n) is 5.34. The zero-order valence-corrected chi connectivity index (χ0v) is 12.3. The highest BCUT2D eigenvalue weighted by Gasteiger charge is 2.23. The first-order valence-electron chi connectivity index (χ1n) is 7.11. The molecule has 1 atom stereocenters. The monoisotopic (exact) mass is 289 g/mol. The second kappa shape index (κ2) is 6.02. The van der Waals surface area contributed by atoms with Gasteiger partial charge in [-0.15, -0.1) is 10.2 Å².